The van der Waals surface area contributed by atoms with Crippen molar-refractivity contribution < 1.29 is 4.79 Å². The molecule has 3 fully saturated rings. The topological polar surface area (TPSA) is 17.1 Å². The van der Waals surface area contributed by atoms with E-state index in [0.29, 0.717) is 5.78 Å². The van der Waals surface area contributed by atoms with Crippen LogP contribution < -0.4 is 0 Å². The molecule has 1 nitrogen and oxygen atoms in total. The van der Waals surface area contributed by atoms with Gasteiger partial charge in [0, 0.05) is 11.8 Å². The number of hydrogen-bond donors (Lipinski definition) is 0. The van der Waals surface area contributed by atoms with Crippen LogP contribution in [0.5, 0.6) is 0 Å². The van der Waals surface area contributed by atoms with Crippen molar-refractivity contribution in [2.75, 3.05) is 0 Å². The molecule has 4 bridgehead atoms. The predicted octanol–water partition coefficient (Wildman–Crippen LogP) is 7.18. The molecule has 162 valence electrons. The zero-order valence-corrected chi connectivity index (χ0v) is 19.5. The lowest BCUT2D eigenvalue weighted by Crippen LogP contribution is -2.40. The molecule has 0 amide bonds. The van der Waals surface area contributed by atoms with Crippen LogP contribution >= 0.6 is 0 Å². The third-order valence-electron chi connectivity index (χ3n) is 9.22. The van der Waals surface area contributed by atoms with Crippen molar-refractivity contribution in [3.8, 4) is 0 Å². The molecule has 5 rings (SSSR count). The number of benzene rings is 1. The number of hydrogen-bond acceptors (Lipinski definition) is 1. The summed E-state index contributed by atoms with van der Waals surface area (Å²) in [6.45, 7) is 14.1. The van der Waals surface area contributed by atoms with Gasteiger partial charge in [0.05, 0.1) is 0 Å². The third kappa shape index (κ3) is 3.28. The van der Waals surface area contributed by atoms with E-state index >= 15 is 0 Å². The van der Waals surface area contributed by atoms with Crippen LogP contribution in [-0.4, -0.2) is 5.78 Å². The molecule has 0 radical (unpaired) electrons. The molecule has 0 aromatic heterocycles. The fourth-order valence-electron chi connectivity index (χ4n) is 8.39. The van der Waals surface area contributed by atoms with E-state index in [4.69, 9.17) is 0 Å². The quantitative estimate of drug-likeness (QED) is 0.378. The second-order valence-corrected chi connectivity index (χ2v) is 12.2. The van der Waals surface area contributed by atoms with E-state index < -0.39 is 0 Å². The first-order valence-corrected chi connectivity index (χ1v) is 12.4. The van der Waals surface area contributed by atoms with Gasteiger partial charge in [-0.15, -0.1) is 23.3 Å². The monoisotopic (exact) mass is 403 g/mol. The largest absolute Gasteiger partial charge is 0.299 e. The summed E-state index contributed by atoms with van der Waals surface area (Å²) in [6, 6.07) is 6.94. The Labute approximate surface area is 183 Å². The fourth-order valence-corrected chi connectivity index (χ4v) is 8.39. The highest BCUT2D eigenvalue weighted by atomic mass is 16.1. The normalized spacial score (nSPS) is 43.3. The highest BCUT2D eigenvalue weighted by Crippen LogP contribution is 2.53. The van der Waals surface area contributed by atoms with Crippen LogP contribution in [0.3, 0.4) is 0 Å². The number of ketones is 1. The van der Waals surface area contributed by atoms with Gasteiger partial charge in [-0.05, 0) is 61.7 Å². The zero-order chi connectivity index (χ0) is 21.3. The van der Waals surface area contributed by atoms with Gasteiger partial charge in [-0.3, -0.25) is 4.79 Å². The molecular weight excluding hydrogens is 364 g/mol. The molecule has 1 aromatic rings. The summed E-state index contributed by atoms with van der Waals surface area (Å²) in [6.07, 6.45) is 12.3. The van der Waals surface area contributed by atoms with E-state index in [9.17, 15) is 4.79 Å². The molecule has 3 saturated carbocycles. The van der Waals surface area contributed by atoms with E-state index in [1.807, 2.05) is 0 Å². The maximum atomic E-state index is 12.8. The molecule has 0 spiro atoms. The lowest BCUT2D eigenvalue weighted by atomic mass is 9.56. The first-order valence-electron chi connectivity index (χ1n) is 12.4. The van der Waals surface area contributed by atoms with Gasteiger partial charge in [0.15, 0.2) is 0 Å². The molecule has 4 aliphatic carbocycles. The first kappa shape index (κ1) is 20.4. The first-order chi connectivity index (χ1) is 14.2. The van der Waals surface area contributed by atoms with Crippen LogP contribution in [0.2, 0.25) is 0 Å². The minimum absolute atomic E-state index is 0.0590. The summed E-state index contributed by atoms with van der Waals surface area (Å²) in [5.41, 5.74) is 5.80. The maximum Gasteiger partial charge on any atom is 0.139 e. The van der Waals surface area contributed by atoms with E-state index in [1.165, 1.54) is 54.4 Å². The molecule has 1 heteroatoms. The predicted molar refractivity (Wildman–Crippen MR) is 124 cm³/mol. The number of allylic oxidation sites excluding steroid dienone is 2. The fraction of sp³-hybridized carbons (Fsp3) is 0.655. The highest BCUT2D eigenvalue weighted by Gasteiger charge is 2.42. The van der Waals surface area contributed by atoms with E-state index in [0.717, 1.165) is 37.0 Å². The molecule has 30 heavy (non-hydrogen) atoms. The van der Waals surface area contributed by atoms with Crippen LogP contribution in [0.15, 0.2) is 29.8 Å². The Balaban J connectivity index is 1.51. The minimum Gasteiger partial charge on any atom is -0.299 e. The summed E-state index contributed by atoms with van der Waals surface area (Å²) >= 11 is 0. The molecule has 5 unspecified atom stereocenters. The van der Waals surface area contributed by atoms with Gasteiger partial charge in [-0.25, -0.2) is 0 Å². The standard InChI is InChI=1S/C29H39O/c1-18-9-21-12-22(10-18)15-28(4,14-21)25-7-6-8-26(20(25)3)29(5)16-23-11-19(2)27(30)24(13-23)17-29/h6-8,16,18-19,21-22,24H,3,9-15,17H2,1-2,4-5H3/q-1. The molecule has 4 aliphatic rings. The Morgan fingerprint density at radius 2 is 1.60 bits per heavy atom. The number of fused-ring (bicyclic) bond motifs is 4. The Morgan fingerprint density at radius 3 is 2.30 bits per heavy atom. The summed E-state index contributed by atoms with van der Waals surface area (Å²) in [5.74, 6) is 3.55. The number of carbonyl (C=O) groups is 1. The summed E-state index contributed by atoms with van der Waals surface area (Å²) in [4.78, 5) is 12.8. The second-order valence-electron chi connectivity index (χ2n) is 12.2. The van der Waals surface area contributed by atoms with Crippen molar-refractivity contribution in [1.82, 2.24) is 0 Å². The van der Waals surface area contributed by atoms with Gasteiger partial charge in [-0.1, -0.05) is 63.7 Å². The van der Waals surface area contributed by atoms with Crippen LogP contribution in [0, 0.1) is 36.5 Å². The maximum absolute atomic E-state index is 12.8. The van der Waals surface area contributed by atoms with E-state index in [1.54, 1.807) is 0 Å². The second kappa shape index (κ2) is 7.01. The van der Waals surface area contributed by atoms with Crippen LogP contribution in [-0.2, 0) is 15.6 Å². The lowest BCUT2D eigenvalue weighted by Gasteiger charge is -2.51. The zero-order valence-electron chi connectivity index (χ0n) is 19.5. The highest BCUT2D eigenvalue weighted by molar-refractivity contribution is 5.85. The van der Waals surface area contributed by atoms with Crippen molar-refractivity contribution in [3.63, 3.8) is 0 Å². The Hall–Kier alpha value is -1.50. The van der Waals surface area contributed by atoms with Crippen LogP contribution in [0.1, 0.15) is 95.8 Å². The summed E-state index contributed by atoms with van der Waals surface area (Å²) < 4.78 is 0. The van der Waals surface area contributed by atoms with Gasteiger partial charge >= 0.3 is 0 Å². The van der Waals surface area contributed by atoms with Gasteiger partial charge in [0.2, 0.25) is 0 Å². The Morgan fingerprint density at radius 1 is 0.933 bits per heavy atom. The Kier molecular flexibility index (Phi) is 4.77. The minimum atomic E-state index is -0.0590. The van der Waals surface area contributed by atoms with Gasteiger partial charge in [0.25, 0.3) is 0 Å². The molecular formula is C29H39O-. The molecule has 0 aliphatic heterocycles. The third-order valence-corrected chi connectivity index (χ3v) is 9.22. The van der Waals surface area contributed by atoms with Crippen molar-refractivity contribution in [3.05, 3.63) is 53.5 Å². The van der Waals surface area contributed by atoms with Crippen molar-refractivity contribution in [2.45, 2.75) is 89.9 Å². The smallest absolute Gasteiger partial charge is 0.139 e. The molecule has 0 saturated heterocycles. The van der Waals surface area contributed by atoms with Crippen molar-refractivity contribution >= 4 is 5.78 Å². The van der Waals surface area contributed by atoms with Gasteiger partial charge in [0.1, 0.15) is 5.78 Å². The number of Topliss-reactive ketones (excluding diaryl/α,β-unsaturated/α-hetero) is 1. The van der Waals surface area contributed by atoms with Crippen LogP contribution in [0.25, 0.3) is 0 Å². The average Bonchev–Trinajstić information content (AvgIpc) is 2.64. The summed E-state index contributed by atoms with van der Waals surface area (Å²) in [7, 11) is 0. The average molecular weight is 404 g/mol. The number of carbonyl (C=O) groups excluding carboxylic acids is 1. The molecule has 0 N–H and O–H groups in total. The molecule has 5 atom stereocenters. The molecule has 0 heterocycles. The van der Waals surface area contributed by atoms with E-state index in [-0.39, 0.29) is 22.7 Å². The van der Waals surface area contributed by atoms with Crippen molar-refractivity contribution in [2.24, 2.45) is 29.6 Å². The van der Waals surface area contributed by atoms with E-state index in [2.05, 4.69) is 58.9 Å². The Bertz CT molecular complexity index is 874. The number of rotatable bonds is 2. The van der Waals surface area contributed by atoms with Gasteiger partial charge < -0.3 is 0 Å². The summed E-state index contributed by atoms with van der Waals surface area (Å²) in [5, 5.41) is 0. The van der Waals surface area contributed by atoms with Crippen LogP contribution in [0.4, 0.5) is 0 Å². The van der Waals surface area contributed by atoms with Crippen molar-refractivity contribution in [1.29, 1.82) is 0 Å². The SMILES string of the molecule is [CH2-]c1c(C2(C)C=C3CC(C)C(=O)C(C3)C2)cccc1C1(C)CC2CC(C)CC(C2)C1. The lowest BCUT2D eigenvalue weighted by molar-refractivity contribution is -0.128. The molecule has 1 aromatic carbocycles. The van der Waals surface area contributed by atoms with Gasteiger partial charge in [-0.2, -0.15) is 12.5 Å².